The SMILES string of the molecule is CC(CN)CCC(=O)NCCCCC(N)=O. The minimum atomic E-state index is -0.289. The number of rotatable bonds is 9. The van der Waals surface area contributed by atoms with Gasteiger partial charge in [-0.2, -0.15) is 0 Å². The maximum Gasteiger partial charge on any atom is 0.220 e. The number of nitrogens with two attached hydrogens (primary N) is 2. The summed E-state index contributed by atoms with van der Waals surface area (Å²) in [6.45, 7) is 3.26. The molecule has 0 fully saturated rings. The first kappa shape index (κ1) is 14.9. The molecule has 94 valence electrons. The molecule has 0 aliphatic carbocycles. The summed E-state index contributed by atoms with van der Waals surface area (Å²) in [4.78, 5) is 21.7. The summed E-state index contributed by atoms with van der Waals surface area (Å²) in [6.07, 6.45) is 3.26. The van der Waals surface area contributed by atoms with E-state index in [9.17, 15) is 9.59 Å². The zero-order valence-corrected chi connectivity index (χ0v) is 10.00. The van der Waals surface area contributed by atoms with E-state index in [-0.39, 0.29) is 11.8 Å². The standard InChI is InChI=1S/C11H23N3O2/c1-9(8-12)5-6-11(16)14-7-3-2-4-10(13)15/h9H,2-8,12H2,1H3,(H2,13,15)(H,14,16). The average molecular weight is 229 g/mol. The number of hydrogen-bond donors (Lipinski definition) is 3. The molecule has 0 aromatic carbocycles. The summed E-state index contributed by atoms with van der Waals surface area (Å²) in [7, 11) is 0. The smallest absolute Gasteiger partial charge is 0.220 e. The molecule has 0 heterocycles. The Hall–Kier alpha value is -1.10. The van der Waals surface area contributed by atoms with Crippen molar-refractivity contribution in [1.29, 1.82) is 0 Å². The first-order valence-electron chi connectivity index (χ1n) is 5.81. The number of nitrogens with one attached hydrogen (secondary N) is 1. The van der Waals surface area contributed by atoms with Crippen LogP contribution >= 0.6 is 0 Å². The molecule has 0 rings (SSSR count). The third-order valence-electron chi connectivity index (χ3n) is 2.44. The highest BCUT2D eigenvalue weighted by Gasteiger charge is 2.04. The molecule has 2 amide bonds. The van der Waals surface area contributed by atoms with Crippen LogP contribution in [0.25, 0.3) is 0 Å². The predicted molar refractivity (Wildman–Crippen MR) is 63.5 cm³/mol. The molecule has 0 saturated heterocycles. The zero-order valence-electron chi connectivity index (χ0n) is 10.00. The number of amides is 2. The van der Waals surface area contributed by atoms with Crippen molar-refractivity contribution >= 4 is 11.8 Å². The van der Waals surface area contributed by atoms with Gasteiger partial charge < -0.3 is 16.8 Å². The van der Waals surface area contributed by atoms with E-state index in [0.29, 0.717) is 31.8 Å². The molecule has 5 heteroatoms. The van der Waals surface area contributed by atoms with Crippen LogP contribution in [-0.2, 0) is 9.59 Å². The van der Waals surface area contributed by atoms with Crippen LogP contribution < -0.4 is 16.8 Å². The number of unbranched alkanes of at least 4 members (excludes halogenated alkanes) is 1. The lowest BCUT2D eigenvalue weighted by Crippen LogP contribution is -2.25. The topological polar surface area (TPSA) is 98.2 Å². The molecule has 0 aromatic rings. The fourth-order valence-electron chi connectivity index (χ4n) is 1.24. The summed E-state index contributed by atoms with van der Waals surface area (Å²) in [5, 5.41) is 2.80. The Labute approximate surface area is 96.9 Å². The molecule has 0 spiro atoms. The Kier molecular flexibility index (Phi) is 8.52. The van der Waals surface area contributed by atoms with Crippen molar-refractivity contribution in [2.45, 2.75) is 39.0 Å². The first-order chi connectivity index (χ1) is 7.56. The van der Waals surface area contributed by atoms with Crippen molar-refractivity contribution in [2.75, 3.05) is 13.1 Å². The molecule has 5 N–H and O–H groups in total. The monoisotopic (exact) mass is 229 g/mol. The van der Waals surface area contributed by atoms with Crippen LogP contribution in [-0.4, -0.2) is 24.9 Å². The summed E-state index contributed by atoms with van der Waals surface area (Å²) in [5.41, 5.74) is 10.4. The lowest BCUT2D eigenvalue weighted by molar-refractivity contribution is -0.121. The lowest BCUT2D eigenvalue weighted by Gasteiger charge is -2.08. The van der Waals surface area contributed by atoms with E-state index in [1.807, 2.05) is 6.92 Å². The van der Waals surface area contributed by atoms with Gasteiger partial charge in [-0.25, -0.2) is 0 Å². The summed E-state index contributed by atoms with van der Waals surface area (Å²) in [6, 6.07) is 0. The van der Waals surface area contributed by atoms with Crippen LogP contribution in [0.5, 0.6) is 0 Å². The predicted octanol–water partition coefficient (Wildman–Crippen LogP) is 0.133. The Morgan fingerprint density at radius 2 is 1.94 bits per heavy atom. The molecule has 16 heavy (non-hydrogen) atoms. The van der Waals surface area contributed by atoms with E-state index in [4.69, 9.17) is 11.5 Å². The molecule has 0 aliphatic rings. The van der Waals surface area contributed by atoms with Crippen molar-refractivity contribution in [2.24, 2.45) is 17.4 Å². The van der Waals surface area contributed by atoms with Crippen LogP contribution in [0.1, 0.15) is 39.0 Å². The summed E-state index contributed by atoms with van der Waals surface area (Å²) < 4.78 is 0. The lowest BCUT2D eigenvalue weighted by atomic mass is 10.1. The summed E-state index contributed by atoms with van der Waals surface area (Å²) in [5.74, 6) is 0.156. The van der Waals surface area contributed by atoms with Crippen molar-refractivity contribution < 1.29 is 9.59 Å². The molecule has 0 aromatic heterocycles. The Bertz CT molecular complexity index is 219. The molecular weight excluding hydrogens is 206 g/mol. The highest BCUT2D eigenvalue weighted by molar-refractivity contribution is 5.75. The van der Waals surface area contributed by atoms with E-state index < -0.39 is 0 Å². The van der Waals surface area contributed by atoms with E-state index in [1.165, 1.54) is 0 Å². The van der Waals surface area contributed by atoms with Gasteiger partial charge in [0.2, 0.25) is 11.8 Å². The molecule has 0 saturated carbocycles. The molecule has 5 nitrogen and oxygen atoms in total. The van der Waals surface area contributed by atoms with Gasteiger partial charge in [0.25, 0.3) is 0 Å². The van der Waals surface area contributed by atoms with Gasteiger partial charge in [0, 0.05) is 19.4 Å². The van der Waals surface area contributed by atoms with Gasteiger partial charge in [-0.05, 0) is 31.7 Å². The number of carbonyl (C=O) groups excluding carboxylic acids is 2. The van der Waals surface area contributed by atoms with Crippen molar-refractivity contribution in [3.05, 3.63) is 0 Å². The van der Waals surface area contributed by atoms with Gasteiger partial charge in [0.05, 0.1) is 0 Å². The second-order valence-corrected chi connectivity index (χ2v) is 4.15. The highest BCUT2D eigenvalue weighted by Crippen LogP contribution is 2.02. The second kappa shape index (κ2) is 9.15. The molecular formula is C11H23N3O2. The van der Waals surface area contributed by atoms with Crippen molar-refractivity contribution in [3.63, 3.8) is 0 Å². The van der Waals surface area contributed by atoms with Crippen LogP contribution in [0.3, 0.4) is 0 Å². The Balaban J connectivity index is 3.33. The zero-order chi connectivity index (χ0) is 12.4. The quantitative estimate of drug-likeness (QED) is 0.490. The van der Waals surface area contributed by atoms with Crippen LogP contribution in [0.15, 0.2) is 0 Å². The minimum Gasteiger partial charge on any atom is -0.370 e. The average Bonchev–Trinajstić information content (AvgIpc) is 2.24. The van der Waals surface area contributed by atoms with E-state index in [1.54, 1.807) is 0 Å². The molecule has 0 aliphatic heterocycles. The van der Waals surface area contributed by atoms with Gasteiger partial charge in [-0.3, -0.25) is 9.59 Å². The van der Waals surface area contributed by atoms with Crippen LogP contribution in [0.4, 0.5) is 0 Å². The van der Waals surface area contributed by atoms with Crippen LogP contribution in [0.2, 0.25) is 0 Å². The number of hydrogen-bond acceptors (Lipinski definition) is 3. The van der Waals surface area contributed by atoms with Crippen molar-refractivity contribution in [1.82, 2.24) is 5.32 Å². The Morgan fingerprint density at radius 3 is 2.50 bits per heavy atom. The largest absolute Gasteiger partial charge is 0.370 e. The van der Waals surface area contributed by atoms with Gasteiger partial charge >= 0.3 is 0 Å². The van der Waals surface area contributed by atoms with E-state index in [2.05, 4.69) is 5.32 Å². The van der Waals surface area contributed by atoms with Gasteiger partial charge in [-0.1, -0.05) is 6.92 Å². The third-order valence-corrected chi connectivity index (χ3v) is 2.44. The fraction of sp³-hybridized carbons (Fsp3) is 0.818. The second-order valence-electron chi connectivity index (χ2n) is 4.15. The highest BCUT2D eigenvalue weighted by atomic mass is 16.1. The molecule has 1 unspecified atom stereocenters. The first-order valence-corrected chi connectivity index (χ1v) is 5.81. The molecule has 0 radical (unpaired) electrons. The number of carbonyl (C=O) groups is 2. The minimum absolute atomic E-state index is 0.0550. The third kappa shape index (κ3) is 9.45. The van der Waals surface area contributed by atoms with E-state index >= 15 is 0 Å². The maximum absolute atomic E-state index is 11.3. The Morgan fingerprint density at radius 1 is 1.25 bits per heavy atom. The van der Waals surface area contributed by atoms with Crippen molar-refractivity contribution in [3.8, 4) is 0 Å². The van der Waals surface area contributed by atoms with Gasteiger partial charge in [0.15, 0.2) is 0 Å². The fourth-order valence-corrected chi connectivity index (χ4v) is 1.24. The normalized spacial score (nSPS) is 12.1. The van der Waals surface area contributed by atoms with Crippen LogP contribution in [0, 0.1) is 5.92 Å². The molecule has 0 bridgehead atoms. The molecule has 1 atom stereocenters. The van der Waals surface area contributed by atoms with Gasteiger partial charge in [0.1, 0.15) is 0 Å². The van der Waals surface area contributed by atoms with E-state index in [0.717, 1.165) is 19.3 Å². The summed E-state index contributed by atoms with van der Waals surface area (Å²) >= 11 is 0. The van der Waals surface area contributed by atoms with Gasteiger partial charge in [-0.15, -0.1) is 0 Å². The number of primary amides is 1. The maximum atomic E-state index is 11.3.